The Kier molecular flexibility index (Phi) is 2.65. The highest BCUT2D eigenvalue weighted by atomic mass is 14.8. The molecule has 0 bridgehead atoms. The number of nitrogens with two attached hydrogens (primary N) is 1. The SMILES string of the molecule is Cc1ccc(-c2ccc(N)nc2C)c(C)c1. The van der Waals surface area contributed by atoms with E-state index >= 15 is 0 Å². The molecule has 0 saturated carbocycles. The molecule has 2 rings (SSSR count). The molecule has 1 aromatic carbocycles. The van der Waals surface area contributed by atoms with Crippen LogP contribution in [0.3, 0.4) is 0 Å². The van der Waals surface area contributed by atoms with Gasteiger partial charge in [0.25, 0.3) is 0 Å². The number of pyridine rings is 1. The summed E-state index contributed by atoms with van der Waals surface area (Å²) in [6, 6.07) is 10.3. The van der Waals surface area contributed by atoms with Gasteiger partial charge in [-0.25, -0.2) is 4.98 Å². The van der Waals surface area contributed by atoms with Crippen molar-refractivity contribution in [2.24, 2.45) is 0 Å². The molecule has 0 saturated heterocycles. The molecule has 0 aliphatic heterocycles. The van der Waals surface area contributed by atoms with Crippen LogP contribution in [-0.4, -0.2) is 4.98 Å². The zero-order valence-corrected chi connectivity index (χ0v) is 9.91. The maximum Gasteiger partial charge on any atom is 0.123 e. The maximum absolute atomic E-state index is 5.66. The number of hydrogen-bond donors (Lipinski definition) is 1. The van der Waals surface area contributed by atoms with Crippen LogP contribution >= 0.6 is 0 Å². The highest BCUT2D eigenvalue weighted by Crippen LogP contribution is 2.26. The smallest absolute Gasteiger partial charge is 0.123 e. The van der Waals surface area contributed by atoms with Crippen molar-refractivity contribution in [2.75, 3.05) is 5.73 Å². The molecule has 0 unspecified atom stereocenters. The van der Waals surface area contributed by atoms with Crippen molar-refractivity contribution >= 4 is 5.82 Å². The molecule has 2 nitrogen and oxygen atoms in total. The molecule has 0 aliphatic carbocycles. The van der Waals surface area contributed by atoms with Crippen molar-refractivity contribution in [2.45, 2.75) is 20.8 Å². The number of aryl methyl sites for hydroxylation is 3. The molecular weight excluding hydrogens is 196 g/mol. The van der Waals surface area contributed by atoms with Gasteiger partial charge in [0.15, 0.2) is 0 Å². The molecule has 16 heavy (non-hydrogen) atoms. The third kappa shape index (κ3) is 1.91. The molecule has 0 aliphatic rings. The largest absolute Gasteiger partial charge is 0.384 e. The first-order valence-electron chi connectivity index (χ1n) is 5.38. The first-order valence-corrected chi connectivity index (χ1v) is 5.38. The van der Waals surface area contributed by atoms with Gasteiger partial charge in [0.05, 0.1) is 0 Å². The van der Waals surface area contributed by atoms with Crippen LogP contribution in [-0.2, 0) is 0 Å². The van der Waals surface area contributed by atoms with Crippen molar-refractivity contribution in [3.05, 3.63) is 47.2 Å². The fourth-order valence-corrected chi connectivity index (χ4v) is 1.98. The molecular formula is C14H16N2. The number of nitrogens with zero attached hydrogens (tertiary/aromatic N) is 1. The average Bonchev–Trinajstić information content (AvgIpc) is 2.19. The minimum Gasteiger partial charge on any atom is -0.384 e. The van der Waals surface area contributed by atoms with Crippen LogP contribution < -0.4 is 5.73 Å². The van der Waals surface area contributed by atoms with Crippen molar-refractivity contribution in [1.29, 1.82) is 0 Å². The monoisotopic (exact) mass is 212 g/mol. The first-order chi connectivity index (χ1) is 7.58. The average molecular weight is 212 g/mol. The second kappa shape index (κ2) is 3.97. The minimum atomic E-state index is 0.575. The van der Waals surface area contributed by atoms with Gasteiger partial charge in [-0.15, -0.1) is 0 Å². The summed E-state index contributed by atoms with van der Waals surface area (Å²) in [5.74, 6) is 0.575. The van der Waals surface area contributed by atoms with Crippen molar-refractivity contribution < 1.29 is 0 Å². The van der Waals surface area contributed by atoms with Crippen LogP contribution in [0.2, 0.25) is 0 Å². The Labute approximate surface area is 96.1 Å². The molecule has 0 amide bonds. The van der Waals surface area contributed by atoms with Gasteiger partial charge >= 0.3 is 0 Å². The Morgan fingerprint density at radius 2 is 1.62 bits per heavy atom. The standard InChI is InChI=1S/C14H16N2/c1-9-4-5-12(10(2)8-9)13-6-7-14(15)16-11(13)3/h4-8H,1-3H3,(H2,15,16). The molecule has 2 heteroatoms. The lowest BCUT2D eigenvalue weighted by atomic mass is 9.98. The van der Waals surface area contributed by atoms with Gasteiger partial charge < -0.3 is 5.73 Å². The quantitative estimate of drug-likeness (QED) is 0.788. The van der Waals surface area contributed by atoms with E-state index in [4.69, 9.17) is 5.73 Å². The van der Waals surface area contributed by atoms with Crippen molar-refractivity contribution in [3.8, 4) is 11.1 Å². The van der Waals surface area contributed by atoms with E-state index in [1.807, 2.05) is 19.1 Å². The molecule has 82 valence electrons. The van der Waals surface area contributed by atoms with Crippen molar-refractivity contribution in [3.63, 3.8) is 0 Å². The van der Waals surface area contributed by atoms with Gasteiger partial charge in [0.2, 0.25) is 0 Å². The summed E-state index contributed by atoms with van der Waals surface area (Å²) in [7, 11) is 0. The van der Waals surface area contributed by atoms with E-state index in [1.165, 1.54) is 16.7 Å². The molecule has 2 aromatic rings. The molecule has 0 spiro atoms. The van der Waals surface area contributed by atoms with Crippen molar-refractivity contribution in [1.82, 2.24) is 4.98 Å². The molecule has 0 atom stereocenters. The zero-order chi connectivity index (χ0) is 11.7. The topological polar surface area (TPSA) is 38.9 Å². The minimum absolute atomic E-state index is 0.575. The summed E-state index contributed by atoms with van der Waals surface area (Å²) in [6.45, 7) is 6.22. The number of aromatic nitrogens is 1. The molecule has 1 aromatic heterocycles. The van der Waals surface area contributed by atoms with Crippen LogP contribution in [0.15, 0.2) is 30.3 Å². The lowest BCUT2D eigenvalue weighted by Gasteiger charge is -2.10. The first kappa shape index (κ1) is 10.7. The number of rotatable bonds is 1. The lowest BCUT2D eigenvalue weighted by molar-refractivity contribution is 1.21. The fourth-order valence-electron chi connectivity index (χ4n) is 1.98. The van der Waals surface area contributed by atoms with Crippen LogP contribution in [0.25, 0.3) is 11.1 Å². The van der Waals surface area contributed by atoms with E-state index < -0.39 is 0 Å². The van der Waals surface area contributed by atoms with Gasteiger partial charge in [0.1, 0.15) is 5.82 Å². The maximum atomic E-state index is 5.66. The Bertz CT molecular complexity index is 481. The van der Waals surface area contributed by atoms with E-state index in [0.717, 1.165) is 11.3 Å². The third-order valence-electron chi connectivity index (χ3n) is 2.78. The summed E-state index contributed by atoms with van der Waals surface area (Å²) in [5.41, 5.74) is 11.6. The summed E-state index contributed by atoms with van der Waals surface area (Å²) < 4.78 is 0. The van der Waals surface area contributed by atoms with Gasteiger partial charge in [-0.2, -0.15) is 0 Å². The molecule has 0 radical (unpaired) electrons. The highest BCUT2D eigenvalue weighted by molar-refractivity contribution is 5.70. The number of anilines is 1. The fraction of sp³-hybridized carbons (Fsp3) is 0.214. The van der Waals surface area contributed by atoms with Crippen LogP contribution in [0.1, 0.15) is 16.8 Å². The highest BCUT2D eigenvalue weighted by Gasteiger charge is 2.06. The zero-order valence-electron chi connectivity index (χ0n) is 9.91. The van der Waals surface area contributed by atoms with Crippen LogP contribution in [0.5, 0.6) is 0 Å². The number of benzene rings is 1. The van der Waals surface area contributed by atoms with E-state index in [9.17, 15) is 0 Å². The number of nitrogen functional groups attached to an aromatic ring is 1. The Hall–Kier alpha value is -1.83. The normalized spacial score (nSPS) is 10.4. The summed E-state index contributed by atoms with van der Waals surface area (Å²) in [6.07, 6.45) is 0. The third-order valence-corrected chi connectivity index (χ3v) is 2.78. The summed E-state index contributed by atoms with van der Waals surface area (Å²) in [4.78, 5) is 4.29. The van der Waals surface area contributed by atoms with E-state index in [1.54, 1.807) is 0 Å². The second-order valence-electron chi connectivity index (χ2n) is 4.19. The van der Waals surface area contributed by atoms with E-state index in [2.05, 4.69) is 37.0 Å². The second-order valence-corrected chi connectivity index (χ2v) is 4.19. The predicted molar refractivity (Wildman–Crippen MR) is 68.3 cm³/mol. The molecule has 1 heterocycles. The number of hydrogen-bond acceptors (Lipinski definition) is 2. The Balaban J connectivity index is 2.59. The Morgan fingerprint density at radius 3 is 2.25 bits per heavy atom. The molecule has 2 N–H and O–H groups in total. The lowest BCUT2D eigenvalue weighted by Crippen LogP contribution is -1.95. The Morgan fingerprint density at radius 1 is 0.938 bits per heavy atom. The predicted octanol–water partition coefficient (Wildman–Crippen LogP) is 3.26. The van der Waals surface area contributed by atoms with E-state index in [0.29, 0.717) is 5.82 Å². The summed E-state index contributed by atoms with van der Waals surface area (Å²) in [5, 5.41) is 0. The summed E-state index contributed by atoms with van der Waals surface area (Å²) >= 11 is 0. The van der Waals surface area contributed by atoms with Gasteiger partial charge in [-0.1, -0.05) is 23.8 Å². The van der Waals surface area contributed by atoms with Gasteiger partial charge in [-0.05, 0) is 44.0 Å². The molecule has 0 fully saturated rings. The van der Waals surface area contributed by atoms with E-state index in [-0.39, 0.29) is 0 Å². The van der Waals surface area contributed by atoms with Gasteiger partial charge in [0, 0.05) is 11.3 Å². The van der Waals surface area contributed by atoms with Crippen LogP contribution in [0.4, 0.5) is 5.82 Å². The van der Waals surface area contributed by atoms with Gasteiger partial charge in [-0.3, -0.25) is 0 Å². The van der Waals surface area contributed by atoms with Crippen LogP contribution in [0, 0.1) is 20.8 Å².